The third-order valence-electron chi connectivity index (χ3n) is 5.58. The van der Waals surface area contributed by atoms with Gasteiger partial charge in [-0.3, -0.25) is 9.59 Å². The van der Waals surface area contributed by atoms with Crippen molar-refractivity contribution in [3.8, 4) is 17.3 Å². The highest BCUT2D eigenvalue weighted by molar-refractivity contribution is 7.09. The van der Waals surface area contributed by atoms with Crippen LogP contribution in [0.15, 0.2) is 29.6 Å². The molecule has 2 amide bonds. The summed E-state index contributed by atoms with van der Waals surface area (Å²) < 4.78 is 5.51. The number of nitrogens with one attached hydrogen (secondary N) is 1. The van der Waals surface area contributed by atoms with E-state index < -0.39 is 0 Å². The van der Waals surface area contributed by atoms with E-state index in [1.165, 1.54) is 11.3 Å². The van der Waals surface area contributed by atoms with Crippen LogP contribution in [0, 0.1) is 17.2 Å². The van der Waals surface area contributed by atoms with Crippen LogP contribution in [0.5, 0.6) is 0 Å². The average Bonchev–Trinajstić information content (AvgIpc) is 3.49. The number of hydrogen-bond acceptors (Lipinski definition) is 6. The quantitative estimate of drug-likeness (QED) is 0.796. The first-order valence-corrected chi connectivity index (χ1v) is 11.1. The number of nitriles is 1. The largest absolute Gasteiger partial charge is 0.368 e. The predicted octanol–water partition coefficient (Wildman–Crippen LogP) is 2.72. The Kier molecular flexibility index (Phi) is 6.41. The second kappa shape index (κ2) is 9.37. The van der Waals surface area contributed by atoms with Crippen molar-refractivity contribution in [2.24, 2.45) is 5.92 Å². The first-order chi connectivity index (χ1) is 14.6. The standard InChI is InChI=1S/C22H24N4O3S/c23-11-15-5-7-16(8-6-15)18-14-30-20(25-18)12-24-21(27)17-3-1-9-26(13-17)22(28)19-4-2-10-29-19/h5-8,14,17,19H,1-4,9-10,12-13H2,(H,24,27)/t17-,19+/m0/s1. The maximum atomic E-state index is 12.7. The molecule has 0 aliphatic carbocycles. The van der Waals surface area contributed by atoms with E-state index in [2.05, 4.69) is 16.4 Å². The fourth-order valence-corrected chi connectivity index (χ4v) is 4.66. The highest BCUT2D eigenvalue weighted by atomic mass is 32.1. The van der Waals surface area contributed by atoms with Gasteiger partial charge in [-0.2, -0.15) is 5.26 Å². The van der Waals surface area contributed by atoms with Crippen LogP contribution in [0.2, 0.25) is 0 Å². The highest BCUT2D eigenvalue weighted by Crippen LogP contribution is 2.23. The van der Waals surface area contributed by atoms with Gasteiger partial charge < -0.3 is 15.0 Å². The number of thiazole rings is 1. The number of hydrogen-bond donors (Lipinski definition) is 1. The number of piperidine rings is 1. The van der Waals surface area contributed by atoms with Crippen molar-refractivity contribution in [1.82, 2.24) is 15.2 Å². The fraction of sp³-hybridized carbons (Fsp3) is 0.455. The Hall–Kier alpha value is -2.76. The molecule has 8 heteroatoms. The van der Waals surface area contributed by atoms with Gasteiger partial charge in [0.05, 0.1) is 29.8 Å². The first-order valence-electron chi connectivity index (χ1n) is 10.3. The van der Waals surface area contributed by atoms with Crippen molar-refractivity contribution in [3.63, 3.8) is 0 Å². The molecule has 3 heterocycles. The highest BCUT2D eigenvalue weighted by Gasteiger charge is 2.33. The fourth-order valence-electron chi connectivity index (χ4n) is 3.91. The van der Waals surface area contributed by atoms with Crippen molar-refractivity contribution in [2.75, 3.05) is 19.7 Å². The average molecular weight is 425 g/mol. The molecule has 2 aliphatic rings. The molecule has 4 rings (SSSR count). The van der Waals surface area contributed by atoms with Crippen molar-refractivity contribution in [3.05, 3.63) is 40.2 Å². The molecule has 0 radical (unpaired) electrons. The van der Waals surface area contributed by atoms with Gasteiger partial charge in [0.1, 0.15) is 11.1 Å². The van der Waals surface area contributed by atoms with Crippen LogP contribution in [-0.4, -0.2) is 47.5 Å². The molecular weight excluding hydrogens is 400 g/mol. The van der Waals surface area contributed by atoms with Crippen LogP contribution in [0.4, 0.5) is 0 Å². The van der Waals surface area contributed by atoms with E-state index >= 15 is 0 Å². The molecule has 0 spiro atoms. The molecule has 156 valence electrons. The van der Waals surface area contributed by atoms with Gasteiger partial charge >= 0.3 is 0 Å². The van der Waals surface area contributed by atoms with Crippen molar-refractivity contribution in [1.29, 1.82) is 5.26 Å². The summed E-state index contributed by atoms with van der Waals surface area (Å²) in [4.78, 5) is 31.6. The second-order valence-electron chi connectivity index (χ2n) is 7.66. The Morgan fingerprint density at radius 2 is 2.10 bits per heavy atom. The molecule has 1 aromatic carbocycles. The van der Waals surface area contributed by atoms with Gasteiger partial charge in [-0.1, -0.05) is 12.1 Å². The van der Waals surface area contributed by atoms with Gasteiger partial charge in [0.25, 0.3) is 5.91 Å². The molecule has 2 fully saturated rings. The second-order valence-corrected chi connectivity index (χ2v) is 8.60. The van der Waals surface area contributed by atoms with E-state index in [9.17, 15) is 9.59 Å². The van der Waals surface area contributed by atoms with Gasteiger partial charge in [0, 0.05) is 30.6 Å². The van der Waals surface area contributed by atoms with E-state index in [1.54, 1.807) is 17.0 Å². The Bertz CT molecular complexity index is 944. The Balaban J connectivity index is 1.30. The van der Waals surface area contributed by atoms with E-state index in [-0.39, 0.29) is 23.8 Å². The summed E-state index contributed by atoms with van der Waals surface area (Å²) in [5, 5.41) is 14.7. The summed E-state index contributed by atoms with van der Waals surface area (Å²) in [6.07, 6.45) is 2.99. The number of likely N-dealkylation sites (tertiary alicyclic amines) is 1. The molecule has 2 saturated heterocycles. The lowest BCUT2D eigenvalue weighted by atomic mass is 9.96. The number of aromatic nitrogens is 1. The lowest BCUT2D eigenvalue weighted by Crippen LogP contribution is -2.48. The van der Waals surface area contributed by atoms with Crippen LogP contribution >= 0.6 is 11.3 Å². The third-order valence-corrected chi connectivity index (χ3v) is 6.43. The van der Waals surface area contributed by atoms with Gasteiger partial charge in [0.2, 0.25) is 5.91 Å². The van der Waals surface area contributed by atoms with Gasteiger partial charge in [-0.15, -0.1) is 11.3 Å². The van der Waals surface area contributed by atoms with Crippen molar-refractivity contribution >= 4 is 23.2 Å². The number of rotatable bonds is 5. The van der Waals surface area contributed by atoms with Crippen molar-refractivity contribution in [2.45, 2.75) is 38.3 Å². The maximum Gasteiger partial charge on any atom is 0.251 e. The molecule has 2 atom stereocenters. The Morgan fingerprint density at radius 3 is 2.83 bits per heavy atom. The summed E-state index contributed by atoms with van der Waals surface area (Å²) in [5.41, 5.74) is 2.39. The number of carbonyl (C=O) groups is 2. The van der Waals surface area contributed by atoms with Crippen LogP contribution in [-0.2, 0) is 20.9 Å². The van der Waals surface area contributed by atoms with Crippen molar-refractivity contribution < 1.29 is 14.3 Å². The molecule has 0 saturated carbocycles. The predicted molar refractivity (Wildman–Crippen MR) is 112 cm³/mol. The lowest BCUT2D eigenvalue weighted by molar-refractivity contribution is -0.144. The van der Waals surface area contributed by atoms with E-state index in [1.807, 2.05) is 17.5 Å². The topological polar surface area (TPSA) is 95.3 Å². The Labute approximate surface area is 179 Å². The molecule has 2 aromatic rings. The normalized spacial score (nSPS) is 21.2. The zero-order valence-corrected chi connectivity index (χ0v) is 17.5. The lowest BCUT2D eigenvalue weighted by Gasteiger charge is -2.33. The molecule has 2 aliphatic heterocycles. The maximum absolute atomic E-state index is 12.7. The molecular formula is C22H24N4O3S. The number of nitrogens with zero attached hydrogens (tertiary/aromatic N) is 3. The minimum absolute atomic E-state index is 0.0250. The molecule has 0 bridgehead atoms. The van der Waals surface area contributed by atoms with Crippen LogP contribution in [0.3, 0.4) is 0 Å². The van der Waals surface area contributed by atoms with Crippen LogP contribution in [0.1, 0.15) is 36.3 Å². The van der Waals surface area contributed by atoms with Gasteiger partial charge in [-0.25, -0.2) is 4.98 Å². The van der Waals surface area contributed by atoms with Crippen LogP contribution in [0.25, 0.3) is 11.3 Å². The van der Waals surface area contributed by atoms with E-state index in [0.29, 0.717) is 31.8 Å². The summed E-state index contributed by atoms with van der Waals surface area (Å²) in [7, 11) is 0. The number of carbonyl (C=O) groups excluding carboxylic acids is 2. The molecule has 0 unspecified atom stereocenters. The number of amides is 2. The van der Waals surface area contributed by atoms with E-state index in [0.717, 1.165) is 41.9 Å². The van der Waals surface area contributed by atoms with E-state index in [4.69, 9.17) is 10.00 Å². The molecule has 1 N–H and O–H groups in total. The summed E-state index contributed by atoms with van der Waals surface area (Å²) >= 11 is 1.49. The number of benzene rings is 1. The summed E-state index contributed by atoms with van der Waals surface area (Å²) in [6.45, 7) is 2.17. The molecule has 30 heavy (non-hydrogen) atoms. The zero-order chi connectivity index (χ0) is 20.9. The van der Waals surface area contributed by atoms with Crippen LogP contribution < -0.4 is 5.32 Å². The Morgan fingerprint density at radius 1 is 1.27 bits per heavy atom. The first kappa shape index (κ1) is 20.5. The third kappa shape index (κ3) is 4.69. The zero-order valence-electron chi connectivity index (χ0n) is 16.7. The minimum Gasteiger partial charge on any atom is -0.368 e. The van der Waals surface area contributed by atoms with Gasteiger partial charge in [0.15, 0.2) is 0 Å². The van der Waals surface area contributed by atoms with Gasteiger partial charge in [-0.05, 0) is 37.8 Å². The summed E-state index contributed by atoms with van der Waals surface area (Å²) in [5.74, 6) is -0.200. The molecule has 1 aromatic heterocycles. The SMILES string of the molecule is N#Cc1ccc(-c2csc(CNC(=O)[C@H]3CCCN(C(=O)[C@H]4CCCO4)C3)n2)cc1. The summed E-state index contributed by atoms with van der Waals surface area (Å²) in [6, 6.07) is 9.38. The number of ether oxygens (including phenoxy) is 1. The smallest absolute Gasteiger partial charge is 0.251 e. The minimum atomic E-state index is -0.331. The monoisotopic (exact) mass is 424 g/mol. The molecule has 7 nitrogen and oxygen atoms in total.